The normalized spacial score (nSPS) is 24.9. The molecule has 0 aliphatic carbocycles. The van der Waals surface area contributed by atoms with E-state index in [1.165, 1.54) is 0 Å². The van der Waals surface area contributed by atoms with Crippen LogP contribution in [0.15, 0.2) is 12.1 Å². The third kappa shape index (κ3) is 2.78. The molecule has 2 N–H and O–H groups in total. The second-order valence-electron chi connectivity index (χ2n) is 6.04. The molecule has 0 saturated carbocycles. The molecule has 0 radical (unpaired) electrons. The maximum absolute atomic E-state index is 12.5. The Hall–Kier alpha value is -1.88. The molecular formula is C16H21NO4. The summed E-state index contributed by atoms with van der Waals surface area (Å²) in [6.45, 7) is 7.68. The van der Waals surface area contributed by atoms with Gasteiger partial charge < -0.3 is 15.2 Å². The molecule has 0 spiro atoms. The van der Waals surface area contributed by atoms with Crippen LogP contribution in [0.5, 0.6) is 0 Å². The average Bonchev–Trinajstić information content (AvgIpc) is 2.71. The lowest BCUT2D eigenvalue weighted by molar-refractivity contribution is -0.148. The average molecular weight is 291 g/mol. The number of benzene rings is 1. The van der Waals surface area contributed by atoms with Gasteiger partial charge in [-0.05, 0) is 38.8 Å². The Morgan fingerprint density at radius 2 is 1.86 bits per heavy atom. The Balaban J connectivity index is 2.25. The summed E-state index contributed by atoms with van der Waals surface area (Å²) in [6.07, 6.45) is 0. The number of hydrogen-bond acceptors (Lipinski definition) is 3. The van der Waals surface area contributed by atoms with Gasteiger partial charge in [-0.25, -0.2) is 0 Å². The van der Waals surface area contributed by atoms with Gasteiger partial charge in [0.1, 0.15) is 5.41 Å². The highest BCUT2D eigenvalue weighted by molar-refractivity contribution is 5.97. The van der Waals surface area contributed by atoms with Crippen molar-refractivity contribution < 1.29 is 19.4 Å². The number of aliphatic carboxylic acids is 1. The molecule has 114 valence electrons. The minimum atomic E-state index is -1.08. The van der Waals surface area contributed by atoms with Crippen LogP contribution in [0, 0.1) is 26.2 Å². The standard InChI is InChI=1S/C16H21NO4/c1-9-5-10(2)13(11(3)6-9)14(18)17-12-7-21-8-16(12,4)15(19)20/h5-6,12H,7-8H2,1-4H3,(H,17,18)(H,19,20). The molecule has 5 heteroatoms. The van der Waals surface area contributed by atoms with Crippen molar-refractivity contribution in [1.82, 2.24) is 5.32 Å². The highest BCUT2D eigenvalue weighted by Crippen LogP contribution is 2.29. The van der Waals surface area contributed by atoms with Crippen molar-refractivity contribution in [2.24, 2.45) is 5.41 Å². The number of amides is 1. The Bertz CT molecular complexity index is 573. The summed E-state index contributed by atoms with van der Waals surface area (Å²) in [5, 5.41) is 12.2. The Morgan fingerprint density at radius 1 is 1.29 bits per heavy atom. The Morgan fingerprint density at radius 3 is 2.38 bits per heavy atom. The van der Waals surface area contributed by atoms with E-state index in [0.717, 1.165) is 16.7 Å². The molecule has 1 aromatic carbocycles. The SMILES string of the molecule is Cc1cc(C)c(C(=O)NC2COCC2(C)C(=O)O)c(C)c1. The predicted octanol–water partition coefficient (Wildman–Crippen LogP) is 1.83. The number of carboxylic acids is 1. The van der Waals surface area contributed by atoms with Crippen molar-refractivity contribution in [2.75, 3.05) is 13.2 Å². The van der Waals surface area contributed by atoms with E-state index >= 15 is 0 Å². The van der Waals surface area contributed by atoms with Crippen LogP contribution in [0.25, 0.3) is 0 Å². The second-order valence-corrected chi connectivity index (χ2v) is 6.04. The van der Waals surface area contributed by atoms with Gasteiger partial charge >= 0.3 is 5.97 Å². The van der Waals surface area contributed by atoms with Crippen molar-refractivity contribution in [1.29, 1.82) is 0 Å². The van der Waals surface area contributed by atoms with Gasteiger partial charge in [0.2, 0.25) is 0 Å². The first-order valence-corrected chi connectivity index (χ1v) is 6.95. The van der Waals surface area contributed by atoms with Gasteiger partial charge in [-0.2, -0.15) is 0 Å². The minimum absolute atomic E-state index is 0.110. The van der Waals surface area contributed by atoms with Gasteiger partial charge in [-0.15, -0.1) is 0 Å². The number of carboxylic acid groups (broad SMARTS) is 1. The molecule has 21 heavy (non-hydrogen) atoms. The molecule has 2 unspecified atom stereocenters. The first kappa shape index (κ1) is 15.5. The van der Waals surface area contributed by atoms with Gasteiger partial charge in [0.05, 0.1) is 19.3 Å². The monoisotopic (exact) mass is 291 g/mol. The highest BCUT2D eigenvalue weighted by Gasteiger charge is 2.47. The first-order chi connectivity index (χ1) is 9.75. The molecule has 2 atom stereocenters. The van der Waals surface area contributed by atoms with E-state index in [1.54, 1.807) is 6.92 Å². The zero-order valence-electron chi connectivity index (χ0n) is 12.8. The number of ether oxygens (including phenoxy) is 1. The van der Waals surface area contributed by atoms with Crippen molar-refractivity contribution in [3.05, 3.63) is 34.4 Å². The number of hydrogen-bond donors (Lipinski definition) is 2. The zero-order chi connectivity index (χ0) is 15.8. The fourth-order valence-electron chi connectivity index (χ4n) is 2.85. The van der Waals surface area contributed by atoms with Gasteiger partial charge in [0, 0.05) is 5.56 Å². The van der Waals surface area contributed by atoms with Crippen LogP contribution in [0.1, 0.15) is 34.0 Å². The summed E-state index contributed by atoms with van der Waals surface area (Å²) >= 11 is 0. The number of aryl methyl sites for hydroxylation is 3. The van der Waals surface area contributed by atoms with E-state index in [1.807, 2.05) is 32.9 Å². The smallest absolute Gasteiger partial charge is 0.313 e. The van der Waals surface area contributed by atoms with Gasteiger partial charge in [-0.1, -0.05) is 17.7 Å². The molecule has 1 aliphatic heterocycles. The van der Waals surface area contributed by atoms with Crippen LogP contribution in [-0.2, 0) is 9.53 Å². The topological polar surface area (TPSA) is 75.6 Å². The van der Waals surface area contributed by atoms with Gasteiger partial charge in [-0.3, -0.25) is 9.59 Å². The highest BCUT2D eigenvalue weighted by atomic mass is 16.5. The van der Waals surface area contributed by atoms with Crippen LogP contribution in [0.4, 0.5) is 0 Å². The second kappa shape index (κ2) is 5.48. The molecule has 1 amide bonds. The first-order valence-electron chi connectivity index (χ1n) is 6.95. The molecule has 0 bridgehead atoms. The Kier molecular flexibility index (Phi) is 4.05. The van der Waals surface area contributed by atoms with Crippen LogP contribution in [0.3, 0.4) is 0 Å². The number of carbonyl (C=O) groups is 2. The number of carbonyl (C=O) groups excluding carboxylic acids is 1. The predicted molar refractivity (Wildman–Crippen MR) is 78.5 cm³/mol. The zero-order valence-corrected chi connectivity index (χ0v) is 12.8. The van der Waals surface area contributed by atoms with Crippen molar-refractivity contribution in [2.45, 2.75) is 33.7 Å². The molecule has 1 heterocycles. The van der Waals surface area contributed by atoms with Crippen molar-refractivity contribution in [3.8, 4) is 0 Å². The number of rotatable bonds is 3. The minimum Gasteiger partial charge on any atom is -0.481 e. The molecule has 1 aliphatic rings. The lowest BCUT2D eigenvalue weighted by Gasteiger charge is -2.26. The van der Waals surface area contributed by atoms with E-state index in [2.05, 4.69) is 5.32 Å². The molecule has 0 aromatic heterocycles. The van der Waals surface area contributed by atoms with Crippen LogP contribution >= 0.6 is 0 Å². The van der Waals surface area contributed by atoms with Gasteiger partial charge in [0.25, 0.3) is 5.91 Å². The maximum atomic E-state index is 12.5. The molecule has 1 aromatic rings. The Labute approximate surface area is 124 Å². The summed E-state index contributed by atoms with van der Waals surface area (Å²) in [4.78, 5) is 23.9. The van der Waals surface area contributed by atoms with Crippen LogP contribution < -0.4 is 5.32 Å². The fourth-order valence-corrected chi connectivity index (χ4v) is 2.85. The quantitative estimate of drug-likeness (QED) is 0.891. The maximum Gasteiger partial charge on any atom is 0.313 e. The molecule has 1 fully saturated rings. The molecule has 5 nitrogen and oxygen atoms in total. The van der Waals surface area contributed by atoms with Crippen molar-refractivity contribution in [3.63, 3.8) is 0 Å². The summed E-state index contributed by atoms with van der Waals surface area (Å²) in [5.41, 5.74) is 2.41. The third-order valence-corrected chi connectivity index (χ3v) is 4.15. The lowest BCUT2D eigenvalue weighted by Crippen LogP contribution is -2.49. The van der Waals surface area contributed by atoms with E-state index in [4.69, 9.17) is 4.74 Å². The molecule has 1 saturated heterocycles. The van der Waals surface area contributed by atoms with Crippen molar-refractivity contribution >= 4 is 11.9 Å². The van der Waals surface area contributed by atoms with Crippen LogP contribution in [-0.4, -0.2) is 36.2 Å². The molecular weight excluding hydrogens is 270 g/mol. The van der Waals surface area contributed by atoms with E-state index in [-0.39, 0.29) is 19.1 Å². The largest absolute Gasteiger partial charge is 0.481 e. The fraction of sp³-hybridized carbons (Fsp3) is 0.500. The van der Waals surface area contributed by atoms with E-state index in [9.17, 15) is 14.7 Å². The summed E-state index contributed by atoms with van der Waals surface area (Å²) < 4.78 is 5.25. The van der Waals surface area contributed by atoms with Gasteiger partial charge in [0.15, 0.2) is 0 Å². The number of nitrogens with one attached hydrogen (secondary N) is 1. The lowest BCUT2D eigenvalue weighted by atomic mass is 9.85. The molecule has 2 rings (SSSR count). The van der Waals surface area contributed by atoms with E-state index < -0.39 is 17.4 Å². The third-order valence-electron chi connectivity index (χ3n) is 4.15. The van der Waals surface area contributed by atoms with Crippen LogP contribution in [0.2, 0.25) is 0 Å². The summed E-state index contributed by atoms with van der Waals surface area (Å²) in [7, 11) is 0. The summed E-state index contributed by atoms with van der Waals surface area (Å²) in [6, 6.07) is 3.37. The summed E-state index contributed by atoms with van der Waals surface area (Å²) in [5.74, 6) is -1.20. The van der Waals surface area contributed by atoms with E-state index in [0.29, 0.717) is 5.56 Å².